The van der Waals surface area contributed by atoms with Gasteiger partial charge >= 0.3 is 0 Å². The highest BCUT2D eigenvalue weighted by Gasteiger charge is 2.16. The number of hydrogen-bond donors (Lipinski definition) is 1. The topological polar surface area (TPSA) is 12.0 Å². The molecule has 0 amide bonds. The summed E-state index contributed by atoms with van der Waals surface area (Å²) in [4.78, 5) is 0. The summed E-state index contributed by atoms with van der Waals surface area (Å²) >= 11 is 0. The fraction of sp³-hybridized carbons (Fsp3) is 1.00. The van der Waals surface area contributed by atoms with Crippen molar-refractivity contribution < 1.29 is 0 Å². The van der Waals surface area contributed by atoms with Crippen molar-refractivity contribution in [2.45, 2.75) is 32.6 Å². The molecule has 1 atom stereocenters. The number of rotatable bonds is 4. The van der Waals surface area contributed by atoms with Crippen LogP contribution in [0.5, 0.6) is 0 Å². The van der Waals surface area contributed by atoms with Crippen molar-refractivity contribution in [2.24, 2.45) is 5.92 Å². The second kappa shape index (κ2) is 4.14. The predicted octanol–water partition coefficient (Wildman–Crippen LogP) is 2.18. The molecule has 0 aromatic heterocycles. The van der Waals surface area contributed by atoms with Gasteiger partial charge in [0, 0.05) is 8.07 Å². The molecule has 0 saturated heterocycles. The van der Waals surface area contributed by atoms with Gasteiger partial charge in [-0.3, -0.25) is 0 Å². The van der Waals surface area contributed by atoms with Gasteiger partial charge in [0.05, 0.1) is 0 Å². The summed E-state index contributed by atoms with van der Waals surface area (Å²) in [5.74, 6) is 0.858. The third kappa shape index (κ3) is 6.30. The molecule has 10 heavy (non-hydrogen) atoms. The van der Waals surface area contributed by atoms with Crippen LogP contribution in [-0.2, 0) is 0 Å². The Hall–Kier alpha value is 0.177. The van der Waals surface area contributed by atoms with Gasteiger partial charge in [-0.2, -0.15) is 0 Å². The van der Waals surface area contributed by atoms with Gasteiger partial charge in [-0.25, -0.2) is 0 Å². The molecule has 0 aliphatic carbocycles. The van der Waals surface area contributed by atoms with E-state index in [0.29, 0.717) is 0 Å². The van der Waals surface area contributed by atoms with Crippen LogP contribution in [0.2, 0.25) is 25.7 Å². The summed E-state index contributed by atoms with van der Waals surface area (Å²) in [5, 5.41) is 3.21. The SMILES string of the molecule is CNCC(C)C[Si](C)(C)C. The van der Waals surface area contributed by atoms with E-state index in [1.165, 1.54) is 12.6 Å². The van der Waals surface area contributed by atoms with Crippen LogP contribution in [0.15, 0.2) is 0 Å². The first kappa shape index (κ1) is 10.2. The van der Waals surface area contributed by atoms with Gasteiger partial charge in [0.15, 0.2) is 0 Å². The van der Waals surface area contributed by atoms with Crippen LogP contribution in [0.4, 0.5) is 0 Å². The van der Waals surface area contributed by atoms with Gasteiger partial charge in [-0.05, 0) is 19.5 Å². The smallest absolute Gasteiger partial charge is 0.0445 e. The summed E-state index contributed by atoms with van der Waals surface area (Å²) in [6.45, 7) is 10.8. The Labute approximate surface area is 66.2 Å². The highest BCUT2D eigenvalue weighted by atomic mass is 28.3. The largest absolute Gasteiger partial charge is 0.319 e. The van der Waals surface area contributed by atoms with E-state index < -0.39 is 8.07 Å². The van der Waals surface area contributed by atoms with E-state index in [1.54, 1.807) is 0 Å². The Bertz CT molecular complexity index is 85.7. The zero-order chi connectivity index (χ0) is 8.20. The van der Waals surface area contributed by atoms with Crippen molar-refractivity contribution in [3.8, 4) is 0 Å². The van der Waals surface area contributed by atoms with E-state index in [0.717, 1.165) is 5.92 Å². The van der Waals surface area contributed by atoms with Gasteiger partial charge in [0.25, 0.3) is 0 Å². The van der Waals surface area contributed by atoms with Crippen molar-refractivity contribution >= 4 is 8.07 Å². The predicted molar refractivity (Wildman–Crippen MR) is 51.2 cm³/mol. The first-order valence-electron chi connectivity index (χ1n) is 4.10. The Morgan fingerprint density at radius 1 is 1.30 bits per heavy atom. The highest BCUT2D eigenvalue weighted by molar-refractivity contribution is 6.76. The molecule has 1 N–H and O–H groups in total. The minimum atomic E-state index is -0.798. The van der Waals surface area contributed by atoms with Gasteiger partial charge in [-0.1, -0.05) is 32.6 Å². The van der Waals surface area contributed by atoms with Crippen molar-refractivity contribution in [3.05, 3.63) is 0 Å². The maximum Gasteiger partial charge on any atom is 0.0445 e. The second-order valence-corrected chi connectivity index (χ2v) is 9.96. The van der Waals surface area contributed by atoms with Crippen LogP contribution in [0.25, 0.3) is 0 Å². The highest BCUT2D eigenvalue weighted by Crippen LogP contribution is 2.15. The van der Waals surface area contributed by atoms with Crippen LogP contribution >= 0.6 is 0 Å². The molecule has 0 aromatic carbocycles. The maximum atomic E-state index is 3.21. The Morgan fingerprint density at radius 2 is 1.80 bits per heavy atom. The molecule has 1 unspecified atom stereocenters. The molecule has 0 spiro atoms. The first-order chi connectivity index (χ1) is 4.45. The van der Waals surface area contributed by atoms with Crippen LogP contribution in [0, 0.1) is 5.92 Å². The van der Waals surface area contributed by atoms with Gasteiger partial charge in [-0.15, -0.1) is 0 Å². The standard InChI is InChI=1S/C8H21NSi/c1-8(6-9-2)7-10(3,4)5/h8-9H,6-7H2,1-5H3. The Kier molecular flexibility index (Phi) is 4.21. The molecule has 0 aromatic rings. The van der Waals surface area contributed by atoms with Crippen molar-refractivity contribution in [1.29, 1.82) is 0 Å². The lowest BCUT2D eigenvalue weighted by molar-refractivity contribution is 0.587. The van der Waals surface area contributed by atoms with Crippen molar-refractivity contribution in [1.82, 2.24) is 5.32 Å². The van der Waals surface area contributed by atoms with Crippen LogP contribution < -0.4 is 5.32 Å². The first-order valence-corrected chi connectivity index (χ1v) is 7.81. The molecule has 0 aliphatic rings. The van der Waals surface area contributed by atoms with Crippen LogP contribution in [0.1, 0.15) is 6.92 Å². The van der Waals surface area contributed by atoms with Crippen LogP contribution in [-0.4, -0.2) is 21.7 Å². The van der Waals surface area contributed by atoms with E-state index in [1.807, 2.05) is 7.05 Å². The lowest BCUT2D eigenvalue weighted by Gasteiger charge is -2.20. The van der Waals surface area contributed by atoms with E-state index in [-0.39, 0.29) is 0 Å². The van der Waals surface area contributed by atoms with E-state index in [9.17, 15) is 0 Å². The quantitative estimate of drug-likeness (QED) is 0.620. The Morgan fingerprint density at radius 3 is 2.10 bits per heavy atom. The van der Waals surface area contributed by atoms with Gasteiger partial charge in [0.2, 0.25) is 0 Å². The average molecular weight is 159 g/mol. The summed E-state index contributed by atoms with van der Waals surface area (Å²) in [5.41, 5.74) is 0. The summed E-state index contributed by atoms with van der Waals surface area (Å²) in [7, 11) is 1.23. The fourth-order valence-electron chi connectivity index (χ4n) is 1.47. The molecule has 0 aliphatic heterocycles. The minimum absolute atomic E-state index is 0.798. The molecule has 0 heterocycles. The Balaban J connectivity index is 3.47. The van der Waals surface area contributed by atoms with Crippen LogP contribution in [0.3, 0.4) is 0 Å². The third-order valence-corrected chi connectivity index (χ3v) is 3.44. The average Bonchev–Trinajstić information content (AvgIpc) is 1.59. The maximum absolute atomic E-state index is 3.21. The lowest BCUT2D eigenvalue weighted by atomic mass is 10.2. The van der Waals surface area contributed by atoms with Gasteiger partial charge in [0.1, 0.15) is 0 Å². The lowest BCUT2D eigenvalue weighted by Crippen LogP contribution is -2.27. The summed E-state index contributed by atoms with van der Waals surface area (Å²) in [6, 6.07) is 1.44. The van der Waals surface area contributed by atoms with Crippen molar-refractivity contribution in [3.63, 3.8) is 0 Å². The summed E-state index contributed by atoms with van der Waals surface area (Å²) in [6.07, 6.45) is 0. The molecule has 0 saturated carbocycles. The molecule has 1 nitrogen and oxygen atoms in total. The number of hydrogen-bond acceptors (Lipinski definition) is 1. The monoisotopic (exact) mass is 159 g/mol. The molecule has 0 fully saturated rings. The molecule has 62 valence electrons. The van der Waals surface area contributed by atoms with E-state index in [4.69, 9.17) is 0 Å². The van der Waals surface area contributed by atoms with Crippen molar-refractivity contribution in [2.75, 3.05) is 13.6 Å². The molecule has 0 radical (unpaired) electrons. The third-order valence-electron chi connectivity index (χ3n) is 1.51. The minimum Gasteiger partial charge on any atom is -0.319 e. The van der Waals surface area contributed by atoms with E-state index in [2.05, 4.69) is 31.9 Å². The zero-order valence-electron chi connectivity index (χ0n) is 7.99. The van der Waals surface area contributed by atoms with Gasteiger partial charge < -0.3 is 5.32 Å². The normalized spacial score (nSPS) is 15.3. The molecular weight excluding hydrogens is 138 g/mol. The zero-order valence-corrected chi connectivity index (χ0v) is 8.99. The molecular formula is C8H21NSi. The number of nitrogens with one attached hydrogen (secondary N) is 1. The summed E-state index contributed by atoms with van der Waals surface area (Å²) < 4.78 is 0. The van der Waals surface area contributed by atoms with E-state index >= 15 is 0 Å². The second-order valence-electron chi connectivity index (χ2n) is 4.43. The molecule has 0 bridgehead atoms. The molecule has 2 heteroatoms. The fourth-order valence-corrected chi connectivity index (χ4v) is 3.70. The molecule has 0 rings (SSSR count).